The molecule has 1 aliphatic rings. The van der Waals surface area contributed by atoms with Gasteiger partial charge in [0.25, 0.3) is 5.91 Å². The molecule has 1 aliphatic heterocycles. The second-order valence-corrected chi connectivity index (χ2v) is 5.63. The van der Waals surface area contributed by atoms with Gasteiger partial charge in [0.1, 0.15) is 11.5 Å². The number of carbonyl (C=O) groups excluding carboxylic acids is 1. The van der Waals surface area contributed by atoms with Gasteiger partial charge in [-0.2, -0.15) is 5.10 Å². The monoisotopic (exact) mass is 318 g/mol. The second kappa shape index (κ2) is 7.36. The molecule has 2 aromatic rings. The van der Waals surface area contributed by atoms with E-state index in [9.17, 15) is 4.79 Å². The van der Waals surface area contributed by atoms with Gasteiger partial charge in [0.2, 0.25) is 0 Å². The molecule has 3 rings (SSSR count). The van der Waals surface area contributed by atoms with Gasteiger partial charge in [0.15, 0.2) is 5.82 Å². The van der Waals surface area contributed by atoms with Crippen LogP contribution in [0.5, 0.6) is 0 Å². The molecule has 0 saturated carbocycles. The molecule has 8 nitrogen and oxygen atoms in total. The number of methoxy groups -OCH3 is 1. The molecular formula is C15H22N6O2. The first-order valence-electron chi connectivity index (χ1n) is 7.99. The number of amides is 1. The van der Waals surface area contributed by atoms with E-state index in [1.807, 2.05) is 0 Å². The normalized spacial score (nSPS) is 14.3. The summed E-state index contributed by atoms with van der Waals surface area (Å²) in [7, 11) is 1.64. The van der Waals surface area contributed by atoms with Crippen molar-refractivity contribution in [2.24, 2.45) is 0 Å². The van der Waals surface area contributed by atoms with Crippen molar-refractivity contribution in [3.05, 3.63) is 29.6 Å². The van der Waals surface area contributed by atoms with E-state index in [1.165, 1.54) is 6.42 Å². The van der Waals surface area contributed by atoms with Gasteiger partial charge in [-0.25, -0.2) is 0 Å². The van der Waals surface area contributed by atoms with Gasteiger partial charge in [0, 0.05) is 26.3 Å². The topological polar surface area (TPSA) is 86.9 Å². The SMILES string of the molecule is COCCn1ccc(C(=O)NCc2nnc3n2CCCCC3)n1. The number of ether oxygens (including phenoxy) is 1. The molecule has 3 heterocycles. The Morgan fingerprint density at radius 1 is 1.35 bits per heavy atom. The summed E-state index contributed by atoms with van der Waals surface area (Å²) in [5.74, 6) is 1.64. The number of aryl methyl sites for hydroxylation is 1. The van der Waals surface area contributed by atoms with Gasteiger partial charge in [-0.05, 0) is 18.9 Å². The molecule has 0 fully saturated rings. The summed E-state index contributed by atoms with van der Waals surface area (Å²) >= 11 is 0. The number of rotatable bonds is 6. The fraction of sp³-hybridized carbons (Fsp3) is 0.600. The van der Waals surface area contributed by atoms with Crippen LogP contribution < -0.4 is 5.32 Å². The zero-order chi connectivity index (χ0) is 16.1. The molecule has 0 radical (unpaired) electrons. The Hall–Kier alpha value is -2.22. The van der Waals surface area contributed by atoms with E-state index in [1.54, 1.807) is 24.1 Å². The summed E-state index contributed by atoms with van der Waals surface area (Å²) in [5, 5.41) is 15.5. The van der Waals surface area contributed by atoms with E-state index in [0.29, 0.717) is 25.4 Å². The lowest BCUT2D eigenvalue weighted by atomic mass is 10.2. The first-order chi connectivity index (χ1) is 11.3. The van der Waals surface area contributed by atoms with E-state index in [-0.39, 0.29) is 5.91 Å². The number of carbonyl (C=O) groups is 1. The van der Waals surface area contributed by atoms with Crippen LogP contribution in [-0.4, -0.2) is 44.2 Å². The molecule has 0 aliphatic carbocycles. The zero-order valence-electron chi connectivity index (χ0n) is 13.4. The van der Waals surface area contributed by atoms with Gasteiger partial charge in [0.05, 0.1) is 19.7 Å². The zero-order valence-corrected chi connectivity index (χ0v) is 13.4. The average Bonchev–Trinajstić information content (AvgIpc) is 3.12. The minimum absolute atomic E-state index is 0.202. The van der Waals surface area contributed by atoms with Crippen LogP contribution in [0, 0.1) is 0 Å². The number of aromatic nitrogens is 5. The molecule has 124 valence electrons. The highest BCUT2D eigenvalue weighted by Gasteiger charge is 2.16. The predicted octanol–water partition coefficient (Wildman–Crippen LogP) is 0.777. The molecule has 0 saturated heterocycles. The Balaban J connectivity index is 1.59. The molecule has 8 heteroatoms. The van der Waals surface area contributed by atoms with Crippen molar-refractivity contribution in [1.82, 2.24) is 29.9 Å². The number of hydrogen-bond donors (Lipinski definition) is 1. The predicted molar refractivity (Wildman–Crippen MR) is 82.9 cm³/mol. The van der Waals surface area contributed by atoms with Crippen LogP contribution in [0.25, 0.3) is 0 Å². The number of nitrogens with zero attached hydrogens (tertiary/aromatic N) is 5. The number of hydrogen-bond acceptors (Lipinski definition) is 5. The van der Waals surface area contributed by atoms with Crippen LogP contribution >= 0.6 is 0 Å². The smallest absolute Gasteiger partial charge is 0.272 e. The van der Waals surface area contributed by atoms with Gasteiger partial charge in [-0.15, -0.1) is 10.2 Å². The third kappa shape index (κ3) is 3.76. The fourth-order valence-corrected chi connectivity index (χ4v) is 2.72. The van der Waals surface area contributed by atoms with Crippen molar-refractivity contribution in [1.29, 1.82) is 0 Å². The Morgan fingerprint density at radius 2 is 2.26 bits per heavy atom. The minimum atomic E-state index is -0.202. The standard InChI is InChI=1S/C15H22N6O2/c1-23-10-9-20-8-6-12(19-20)15(22)16-11-14-18-17-13-5-3-2-4-7-21(13)14/h6,8H,2-5,7,9-11H2,1H3,(H,16,22). The van der Waals surface area contributed by atoms with Gasteiger partial charge in [-0.3, -0.25) is 9.48 Å². The van der Waals surface area contributed by atoms with E-state index in [0.717, 1.165) is 37.5 Å². The quantitative estimate of drug-likeness (QED) is 0.850. The lowest BCUT2D eigenvalue weighted by Gasteiger charge is -2.07. The molecule has 1 amide bonds. The van der Waals surface area contributed by atoms with Crippen LogP contribution in [0.2, 0.25) is 0 Å². The maximum atomic E-state index is 12.2. The van der Waals surface area contributed by atoms with Crippen molar-refractivity contribution in [3.8, 4) is 0 Å². The molecular weight excluding hydrogens is 296 g/mol. The van der Waals surface area contributed by atoms with Crippen molar-refractivity contribution < 1.29 is 9.53 Å². The van der Waals surface area contributed by atoms with Gasteiger partial charge >= 0.3 is 0 Å². The summed E-state index contributed by atoms with van der Waals surface area (Å²) in [5.41, 5.74) is 0.400. The second-order valence-electron chi connectivity index (χ2n) is 5.63. The Bertz CT molecular complexity index is 663. The summed E-state index contributed by atoms with van der Waals surface area (Å²) in [4.78, 5) is 12.2. The highest BCUT2D eigenvalue weighted by atomic mass is 16.5. The first kappa shape index (κ1) is 15.7. The van der Waals surface area contributed by atoms with Crippen molar-refractivity contribution in [3.63, 3.8) is 0 Å². The summed E-state index contributed by atoms with van der Waals surface area (Å²) < 4.78 is 8.82. The molecule has 0 unspecified atom stereocenters. The summed E-state index contributed by atoms with van der Waals surface area (Å²) in [6.07, 6.45) is 6.25. The van der Waals surface area contributed by atoms with E-state index in [4.69, 9.17) is 4.74 Å². The Morgan fingerprint density at radius 3 is 3.13 bits per heavy atom. The lowest BCUT2D eigenvalue weighted by molar-refractivity contribution is 0.0943. The van der Waals surface area contributed by atoms with E-state index >= 15 is 0 Å². The van der Waals surface area contributed by atoms with Crippen molar-refractivity contribution in [2.45, 2.75) is 45.3 Å². The van der Waals surface area contributed by atoms with Crippen LogP contribution in [0.4, 0.5) is 0 Å². The van der Waals surface area contributed by atoms with Crippen LogP contribution in [0.1, 0.15) is 41.4 Å². The number of fused-ring (bicyclic) bond motifs is 1. The maximum Gasteiger partial charge on any atom is 0.272 e. The third-order valence-corrected chi connectivity index (χ3v) is 3.99. The Labute approximate surface area is 134 Å². The first-order valence-corrected chi connectivity index (χ1v) is 7.99. The van der Waals surface area contributed by atoms with Crippen LogP contribution in [0.3, 0.4) is 0 Å². The maximum absolute atomic E-state index is 12.2. The van der Waals surface area contributed by atoms with Crippen LogP contribution in [-0.2, 0) is 30.8 Å². The minimum Gasteiger partial charge on any atom is -0.383 e. The van der Waals surface area contributed by atoms with E-state index in [2.05, 4.69) is 25.2 Å². The van der Waals surface area contributed by atoms with Crippen molar-refractivity contribution in [2.75, 3.05) is 13.7 Å². The summed E-state index contributed by atoms with van der Waals surface area (Å²) in [6, 6.07) is 1.70. The number of nitrogens with one attached hydrogen (secondary N) is 1. The molecule has 0 aromatic carbocycles. The van der Waals surface area contributed by atoms with Gasteiger partial charge in [-0.1, -0.05) is 6.42 Å². The average molecular weight is 318 g/mol. The highest BCUT2D eigenvalue weighted by molar-refractivity contribution is 5.92. The molecule has 0 spiro atoms. The molecule has 0 atom stereocenters. The summed E-state index contributed by atoms with van der Waals surface area (Å²) in [6.45, 7) is 2.49. The van der Waals surface area contributed by atoms with Crippen molar-refractivity contribution >= 4 is 5.91 Å². The fourth-order valence-electron chi connectivity index (χ4n) is 2.72. The largest absolute Gasteiger partial charge is 0.383 e. The highest BCUT2D eigenvalue weighted by Crippen LogP contribution is 2.14. The molecule has 23 heavy (non-hydrogen) atoms. The lowest BCUT2D eigenvalue weighted by Crippen LogP contribution is -2.25. The third-order valence-electron chi connectivity index (χ3n) is 3.99. The molecule has 2 aromatic heterocycles. The Kier molecular flexibility index (Phi) is 5.02. The van der Waals surface area contributed by atoms with Crippen LogP contribution in [0.15, 0.2) is 12.3 Å². The molecule has 0 bridgehead atoms. The van der Waals surface area contributed by atoms with E-state index < -0.39 is 0 Å². The van der Waals surface area contributed by atoms with Gasteiger partial charge < -0.3 is 14.6 Å². The molecule has 1 N–H and O–H groups in total.